The Balaban J connectivity index is 2.42. The molecule has 0 atom stereocenters. The molecule has 0 amide bonds. The molecule has 0 unspecified atom stereocenters. The van der Waals surface area contributed by atoms with Gasteiger partial charge in [-0.3, -0.25) is 0 Å². The molecule has 6 heteroatoms. The van der Waals surface area contributed by atoms with Crippen LogP contribution in [0.25, 0.3) is 0 Å². The minimum atomic E-state index is -4.55. The van der Waals surface area contributed by atoms with Gasteiger partial charge in [-0.1, -0.05) is 6.07 Å². The van der Waals surface area contributed by atoms with Gasteiger partial charge >= 0.3 is 6.18 Å². The van der Waals surface area contributed by atoms with E-state index in [1.165, 1.54) is 30.5 Å². The first-order valence-electron chi connectivity index (χ1n) is 5.38. The van der Waals surface area contributed by atoms with E-state index in [0.29, 0.717) is 5.56 Å². The van der Waals surface area contributed by atoms with Crippen LogP contribution < -0.4 is 4.74 Å². The first-order valence-corrected chi connectivity index (χ1v) is 5.38. The summed E-state index contributed by atoms with van der Waals surface area (Å²) in [5.41, 5.74) is -0.612. The van der Waals surface area contributed by atoms with Gasteiger partial charge in [-0.15, -0.1) is 0 Å². The molecule has 1 N–H and O–H groups in total. The fraction of sp³-hybridized carbons (Fsp3) is 0.154. The Bertz CT molecular complexity index is 597. The molecule has 0 spiro atoms. The summed E-state index contributed by atoms with van der Waals surface area (Å²) in [5, 5.41) is 9.48. The molecule has 2 rings (SSSR count). The Morgan fingerprint density at radius 3 is 2.58 bits per heavy atom. The Labute approximate surface area is 107 Å². The van der Waals surface area contributed by atoms with E-state index >= 15 is 0 Å². The van der Waals surface area contributed by atoms with Crippen LogP contribution in [0, 0.1) is 6.92 Å². The number of phenolic OH excluding ortho intramolecular Hbond substituents is 1. The number of alkyl halides is 3. The molecular formula is C13H10F3NO2. The summed E-state index contributed by atoms with van der Waals surface area (Å²) in [6.45, 7) is 1.54. The molecule has 100 valence electrons. The van der Waals surface area contributed by atoms with Gasteiger partial charge in [-0.2, -0.15) is 13.2 Å². The molecule has 0 saturated heterocycles. The van der Waals surface area contributed by atoms with Crippen molar-refractivity contribution in [1.82, 2.24) is 4.98 Å². The summed E-state index contributed by atoms with van der Waals surface area (Å²) >= 11 is 0. The predicted octanol–water partition coefficient (Wildman–Crippen LogP) is 3.91. The van der Waals surface area contributed by atoms with Crippen LogP contribution >= 0.6 is 0 Å². The maximum atomic E-state index is 12.8. The third-order valence-electron chi connectivity index (χ3n) is 2.54. The second-order valence-electron chi connectivity index (χ2n) is 3.86. The fourth-order valence-corrected chi connectivity index (χ4v) is 1.51. The van der Waals surface area contributed by atoms with Crippen LogP contribution in [0.5, 0.6) is 17.4 Å². The average molecular weight is 269 g/mol. The molecule has 2 aromatic rings. The van der Waals surface area contributed by atoms with Gasteiger partial charge in [0.05, 0.1) is 0 Å². The SMILES string of the molecule is Cc1c(O)cccc1Oc1ncccc1C(F)(F)F. The first kappa shape index (κ1) is 13.2. The number of halogens is 3. The van der Waals surface area contributed by atoms with E-state index in [2.05, 4.69) is 4.98 Å². The zero-order valence-electron chi connectivity index (χ0n) is 9.90. The van der Waals surface area contributed by atoms with E-state index in [0.717, 1.165) is 6.07 Å². The number of aromatic hydroxyl groups is 1. The van der Waals surface area contributed by atoms with Gasteiger partial charge in [0, 0.05) is 11.8 Å². The Hall–Kier alpha value is -2.24. The lowest BCUT2D eigenvalue weighted by atomic mass is 10.2. The first-order chi connectivity index (χ1) is 8.89. The molecule has 3 nitrogen and oxygen atoms in total. The van der Waals surface area contributed by atoms with Gasteiger partial charge in [-0.25, -0.2) is 4.98 Å². The summed E-state index contributed by atoms with van der Waals surface area (Å²) in [5.74, 6) is -0.463. The summed E-state index contributed by atoms with van der Waals surface area (Å²) in [7, 11) is 0. The highest BCUT2D eigenvalue weighted by molar-refractivity contribution is 5.45. The maximum absolute atomic E-state index is 12.8. The summed E-state index contributed by atoms with van der Waals surface area (Å²) < 4.78 is 43.4. The van der Waals surface area contributed by atoms with Crippen LogP contribution in [0.2, 0.25) is 0 Å². The number of nitrogens with zero attached hydrogens (tertiary/aromatic N) is 1. The van der Waals surface area contributed by atoms with Crippen molar-refractivity contribution in [1.29, 1.82) is 0 Å². The Morgan fingerprint density at radius 1 is 1.16 bits per heavy atom. The lowest BCUT2D eigenvalue weighted by Gasteiger charge is -2.13. The molecular weight excluding hydrogens is 259 g/mol. The van der Waals surface area contributed by atoms with Crippen LogP contribution in [0.4, 0.5) is 13.2 Å². The smallest absolute Gasteiger partial charge is 0.421 e. The highest BCUT2D eigenvalue weighted by Crippen LogP contribution is 2.38. The van der Waals surface area contributed by atoms with Crippen LogP contribution in [0.15, 0.2) is 36.5 Å². The van der Waals surface area contributed by atoms with Crippen molar-refractivity contribution in [2.75, 3.05) is 0 Å². The molecule has 1 aromatic heterocycles. The molecule has 19 heavy (non-hydrogen) atoms. The third kappa shape index (κ3) is 2.78. The van der Waals surface area contributed by atoms with Gasteiger partial charge in [0.25, 0.3) is 0 Å². The molecule has 0 aliphatic heterocycles. The lowest BCUT2D eigenvalue weighted by molar-refractivity contribution is -0.138. The van der Waals surface area contributed by atoms with E-state index in [4.69, 9.17) is 4.74 Å². The summed E-state index contributed by atoms with van der Waals surface area (Å²) in [4.78, 5) is 3.59. The molecule has 0 bridgehead atoms. The number of phenols is 1. The average Bonchev–Trinajstić information content (AvgIpc) is 2.34. The monoisotopic (exact) mass is 269 g/mol. The highest BCUT2D eigenvalue weighted by Gasteiger charge is 2.35. The number of benzene rings is 1. The minimum Gasteiger partial charge on any atom is -0.508 e. The summed E-state index contributed by atoms with van der Waals surface area (Å²) in [6.07, 6.45) is -3.34. The topological polar surface area (TPSA) is 42.4 Å². The van der Waals surface area contributed by atoms with Crippen molar-refractivity contribution in [3.8, 4) is 17.4 Å². The van der Waals surface area contributed by atoms with Crippen LogP contribution in [0.1, 0.15) is 11.1 Å². The van der Waals surface area contributed by atoms with Crippen LogP contribution in [-0.4, -0.2) is 10.1 Å². The summed E-state index contributed by atoms with van der Waals surface area (Å²) in [6, 6.07) is 6.44. The van der Waals surface area contributed by atoms with Crippen molar-refractivity contribution in [3.63, 3.8) is 0 Å². The maximum Gasteiger partial charge on any atom is 0.421 e. The van der Waals surface area contributed by atoms with E-state index in [1.54, 1.807) is 6.92 Å². The zero-order chi connectivity index (χ0) is 14.0. The Kier molecular flexibility index (Phi) is 3.33. The molecule has 0 aliphatic rings. The van der Waals surface area contributed by atoms with Gasteiger partial charge < -0.3 is 9.84 Å². The van der Waals surface area contributed by atoms with Gasteiger partial charge in [-0.05, 0) is 31.2 Å². The van der Waals surface area contributed by atoms with E-state index in [1.807, 2.05) is 0 Å². The highest BCUT2D eigenvalue weighted by atomic mass is 19.4. The van der Waals surface area contributed by atoms with Crippen LogP contribution in [0.3, 0.4) is 0 Å². The second-order valence-corrected chi connectivity index (χ2v) is 3.86. The molecule has 0 saturated carbocycles. The van der Waals surface area contributed by atoms with Crippen LogP contribution in [-0.2, 0) is 6.18 Å². The Morgan fingerprint density at radius 2 is 1.89 bits per heavy atom. The van der Waals surface area contributed by atoms with Crippen molar-refractivity contribution >= 4 is 0 Å². The number of hydrogen-bond acceptors (Lipinski definition) is 3. The number of aromatic nitrogens is 1. The standard InChI is InChI=1S/C13H10F3NO2/c1-8-10(18)5-2-6-11(8)19-12-9(13(14,15)16)4-3-7-17-12/h2-7,18H,1H3. The van der Waals surface area contributed by atoms with E-state index in [-0.39, 0.29) is 11.5 Å². The van der Waals surface area contributed by atoms with Gasteiger partial charge in [0.2, 0.25) is 5.88 Å². The van der Waals surface area contributed by atoms with E-state index in [9.17, 15) is 18.3 Å². The second kappa shape index (κ2) is 4.79. The van der Waals surface area contributed by atoms with Gasteiger partial charge in [0.1, 0.15) is 17.1 Å². The van der Waals surface area contributed by atoms with E-state index < -0.39 is 17.6 Å². The molecule has 1 aromatic carbocycles. The largest absolute Gasteiger partial charge is 0.508 e. The number of pyridine rings is 1. The molecule has 0 aliphatic carbocycles. The lowest BCUT2D eigenvalue weighted by Crippen LogP contribution is -2.08. The quantitative estimate of drug-likeness (QED) is 0.898. The normalized spacial score (nSPS) is 11.4. The predicted molar refractivity (Wildman–Crippen MR) is 62.2 cm³/mol. The van der Waals surface area contributed by atoms with Crippen molar-refractivity contribution in [2.24, 2.45) is 0 Å². The minimum absolute atomic E-state index is 0.0537. The number of ether oxygens (including phenoxy) is 1. The number of rotatable bonds is 2. The number of hydrogen-bond donors (Lipinski definition) is 1. The fourth-order valence-electron chi connectivity index (χ4n) is 1.51. The molecule has 0 fully saturated rings. The van der Waals surface area contributed by atoms with Crippen molar-refractivity contribution in [2.45, 2.75) is 13.1 Å². The zero-order valence-corrected chi connectivity index (χ0v) is 9.90. The van der Waals surface area contributed by atoms with Gasteiger partial charge in [0.15, 0.2) is 0 Å². The van der Waals surface area contributed by atoms with Crippen molar-refractivity contribution in [3.05, 3.63) is 47.7 Å². The molecule has 1 heterocycles. The third-order valence-corrected chi connectivity index (χ3v) is 2.54. The van der Waals surface area contributed by atoms with Crippen molar-refractivity contribution < 1.29 is 23.0 Å². The molecule has 0 radical (unpaired) electrons.